The number of aromatic hydroxyl groups is 2. The summed E-state index contributed by atoms with van der Waals surface area (Å²) in [4.78, 5) is 12.5. The monoisotopic (exact) mass is 421 g/mol. The zero-order chi connectivity index (χ0) is 20.6. The first-order valence-electron chi connectivity index (χ1n) is 8.65. The number of phenolic OH excluding ortho intramolecular Hbond substituents is 2. The molecule has 2 aliphatic rings. The maximum absolute atomic E-state index is 12.5. The number of ether oxygens (including phenoxy) is 2. The van der Waals surface area contributed by atoms with Gasteiger partial charge in [-0.05, 0) is 42.5 Å². The van der Waals surface area contributed by atoms with Gasteiger partial charge in [-0.25, -0.2) is 4.79 Å². The van der Waals surface area contributed by atoms with Crippen LogP contribution in [0.3, 0.4) is 0 Å². The minimum atomic E-state index is -1.17. The molecule has 0 radical (unpaired) electrons. The third kappa shape index (κ3) is 2.90. The van der Waals surface area contributed by atoms with E-state index in [0.29, 0.717) is 33.8 Å². The number of hydrogen-bond donors (Lipinski definition) is 2. The maximum Gasteiger partial charge on any atom is 0.340 e. The van der Waals surface area contributed by atoms with E-state index >= 15 is 0 Å². The molecule has 0 saturated heterocycles. The van der Waals surface area contributed by atoms with E-state index in [-0.39, 0.29) is 11.5 Å². The molecule has 3 aromatic rings. The summed E-state index contributed by atoms with van der Waals surface area (Å²) in [6.45, 7) is 0. The number of hydrogen-bond acceptors (Lipinski definition) is 7. The van der Waals surface area contributed by atoms with Gasteiger partial charge in [0.25, 0.3) is 0 Å². The van der Waals surface area contributed by atoms with E-state index in [4.69, 9.17) is 9.47 Å². The van der Waals surface area contributed by atoms with Crippen LogP contribution in [0.4, 0.5) is 0 Å². The average Bonchev–Trinajstić information content (AvgIpc) is 3.01. The second-order valence-electron chi connectivity index (χ2n) is 6.39. The molecule has 1 spiro atoms. The first kappa shape index (κ1) is 18.9. The van der Waals surface area contributed by atoms with Gasteiger partial charge in [-0.2, -0.15) is 0 Å². The molecule has 3 aromatic carbocycles. The quantitative estimate of drug-likeness (QED) is 0.251. The predicted molar refractivity (Wildman–Crippen MR) is 113 cm³/mol. The molecule has 144 valence electrons. The van der Waals surface area contributed by atoms with Crippen LogP contribution in [0.15, 0.2) is 65.3 Å². The number of esters is 1. The molecule has 0 aromatic heterocycles. The van der Waals surface area contributed by atoms with Gasteiger partial charge in [0.1, 0.15) is 33.4 Å². The largest absolute Gasteiger partial charge is 0.508 e. The summed E-state index contributed by atoms with van der Waals surface area (Å²) in [6, 6.07) is 16.6. The molecule has 5 rings (SSSR count). The van der Waals surface area contributed by atoms with Gasteiger partial charge in [0.2, 0.25) is 0 Å². The molecule has 0 fully saturated rings. The first-order chi connectivity index (χ1) is 14.0. The summed E-state index contributed by atoms with van der Waals surface area (Å²) in [5.41, 5.74) is 1.28. The van der Waals surface area contributed by atoms with Crippen LogP contribution in [-0.2, 0) is 10.3 Å². The van der Waals surface area contributed by atoms with E-state index in [2.05, 4.69) is 22.0 Å². The van der Waals surface area contributed by atoms with Gasteiger partial charge in [0.05, 0.1) is 5.56 Å². The molecule has 0 aliphatic carbocycles. The topological polar surface area (TPSA) is 88.4 Å². The number of rotatable bonds is 0. The van der Waals surface area contributed by atoms with Gasteiger partial charge in [-0.15, -0.1) is 0 Å². The highest BCUT2D eigenvalue weighted by molar-refractivity contribution is 7.78. The van der Waals surface area contributed by atoms with E-state index < -0.39 is 11.6 Å². The van der Waals surface area contributed by atoms with Gasteiger partial charge in [-0.3, -0.25) is 4.66 Å². The van der Waals surface area contributed by atoms with Crippen molar-refractivity contribution >= 4 is 33.8 Å². The Morgan fingerprint density at radius 1 is 0.931 bits per heavy atom. The lowest BCUT2D eigenvalue weighted by molar-refractivity contribution is 0.0224. The summed E-state index contributed by atoms with van der Waals surface area (Å²) < 4.78 is 15.2. The highest BCUT2D eigenvalue weighted by atomic mass is 32.1. The Labute approximate surface area is 174 Å². The lowest BCUT2D eigenvalue weighted by Crippen LogP contribution is -2.32. The zero-order valence-corrected chi connectivity index (χ0v) is 18.1. The molecule has 0 saturated carbocycles. The van der Waals surface area contributed by atoms with Crippen molar-refractivity contribution < 1.29 is 24.5 Å². The molecule has 0 amide bonds. The number of carbonyl (C=O) groups is 1. The number of thiocarbonyl (C=S) groups is 1. The fourth-order valence-corrected chi connectivity index (χ4v) is 3.65. The smallest absolute Gasteiger partial charge is 0.340 e. The van der Waals surface area contributed by atoms with Gasteiger partial charge < -0.3 is 19.7 Å². The van der Waals surface area contributed by atoms with Crippen molar-refractivity contribution in [3.05, 3.63) is 82.9 Å². The van der Waals surface area contributed by atoms with Crippen molar-refractivity contribution in [2.45, 2.75) is 5.60 Å². The normalized spacial score (nSPS) is 14.3. The summed E-state index contributed by atoms with van der Waals surface area (Å²) in [5, 5.41) is 21.9. The molecule has 8 heteroatoms. The Bertz CT molecular complexity index is 1140. The van der Waals surface area contributed by atoms with E-state index in [9.17, 15) is 15.0 Å². The SMILES string of the molecule is O=C1OC2(c3ccc(O)cc3Oc3cc(O)ccc32)c2ccccc21.[SiH3]N=C=S. The molecule has 6 nitrogen and oxygen atoms in total. The lowest BCUT2D eigenvalue weighted by Gasteiger charge is -2.36. The average molecular weight is 422 g/mol. The Hall–Kier alpha value is -3.45. The number of isothiocyanates is 1. The summed E-state index contributed by atoms with van der Waals surface area (Å²) in [7, 11) is 0.799. The fourth-order valence-electron chi connectivity index (χ4n) is 3.65. The highest BCUT2D eigenvalue weighted by Crippen LogP contribution is 2.56. The molecule has 29 heavy (non-hydrogen) atoms. The Morgan fingerprint density at radius 2 is 1.48 bits per heavy atom. The van der Waals surface area contributed by atoms with E-state index in [0.717, 1.165) is 10.4 Å². The van der Waals surface area contributed by atoms with Crippen LogP contribution in [0, 0.1) is 0 Å². The molecule has 0 bridgehead atoms. The second-order valence-corrected chi connectivity index (χ2v) is 7.02. The molecular formula is C21H15NO5SSi. The number of benzene rings is 3. The zero-order valence-electron chi connectivity index (χ0n) is 15.2. The van der Waals surface area contributed by atoms with Gasteiger partial charge >= 0.3 is 5.97 Å². The highest BCUT2D eigenvalue weighted by Gasteiger charge is 2.53. The van der Waals surface area contributed by atoms with Crippen LogP contribution in [0.5, 0.6) is 23.0 Å². The van der Waals surface area contributed by atoms with E-state index in [1.54, 1.807) is 24.3 Å². The standard InChI is InChI=1S/C20H12O5.CH3NSSi/c21-11-5-7-15-17(9-11)24-18-10-12(22)6-8-16(18)20(15)14-4-2-1-3-13(14)19(23)25-20;3-1-2-4/h1-10,21-22H;4H3. The summed E-state index contributed by atoms with van der Waals surface area (Å²) >= 11 is 4.17. The molecule has 2 heterocycles. The summed E-state index contributed by atoms with van der Waals surface area (Å²) in [5.74, 6) is 0.408. The number of nitrogens with zero attached hydrogens (tertiary/aromatic N) is 1. The second kappa shape index (κ2) is 7.18. The Morgan fingerprint density at radius 3 is 2.03 bits per heavy atom. The first-order valence-corrected chi connectivity index (χ1v) is 9.95. The van der Waals surface area contributed by atoms with Crippen LogP contribution in [0.2, 0.25) is 0 Å². The Kier molecular flexibility index (Phi) is 4.67. The van der Waals surface area contributed by atoms with Crippen LogP contribution < -0.4 is 4.74 Å². The van der Waals surface area contributed by atoms with E-state index in [1.165, 1.54) is 24.3 Å². The van der Waals surface area contributed by atoms with Crippen molar-refractivity contribution in [2.75, 3.05) is 0 Å². The van der Waals surface area contributed by atoms with Crippen molar-refractivity contribution in [1.82, 2.24) is 0 Å². The lowest BCUT2D eigenvalue weighted by atomic mass is 9.77. The minimum Gasteiger partial charge on any atom is -0.508 e. The van der Waals surface area contributed by atoms with Gasteiger partial charge in [0, 0.05) is 34.0 Å². The predicted octanol–water partition coefficient (Wildman–Crippen LogP) is 3.04. The number of carbonyl (C=O) groups excluding carboxylic acids is 1. The van der Waals surface area contributed by atoms with Crippen LogP contribution >= 0.6 is 12.2 Å². The third-order valence-electron chi connectivity index (χ3n) is 4.77. The van der Waals surface area contributed by atoms with Crippen molar-refractivity contribution in [1.29, 1.82) is 0 Å². The molecule has 2 aliphatic heterocycles. The maximum atomic E-state index is 12.5. The fraction of sp³-hybridized carbons (Fsp3) is 0.0476. The Balaban J connectivity index is 0.000000472. The van der Waals surface area contributed by atoms with Crippen molar-refractivity contribution in [3.63, 3.8) is 0 Å². The molecule has 0 unspecified atom stereocenters. The van der Waals surface area contributed by atoms with Gasteiger partial charge in [0.15, 0.2) is 5.60 Å². The van der Waals surface area contributed by atoms with Crippen molar-refractivity contribution in [2.24, 2.45) is 4.66 Å². The van der Waals surface area contributed by atoms with E-state index in [1.807, 2.05) is 12.1 Å². The number of fused-ring (bicyclic) bond motifs is 6. The number of phenols is 2. The molecular weight excluding hydrogens is 406 g/mol. The molecule has 2 N–H and O–H groups in total. The minimum absolute atomic E-state index is 0.0371. The molecule has 0 atom stereocenters. The van der Waals surface area contributed by atoms with Crippen LogP contribution in [0.1, 0.15) is 27.0 Å². The van der Waals surface area contributed by atoms with Crippen molar-refractivity contribution in [3.8, 4) is 23.0 Å². The third-order valence-corrected chi connectivity index (χ3v) is 5.50. The van der Waals surface area contributed by atoms with Gasteiger partial charge in [-0.1, -0.05) is 18.2 Å². The van der Waals surface area contributed by atoms with Crippen LogP contribution in [-0.4, -0.2) is 31.7 Å². The summed E-state index contributed by atoms with van der Waals surface area (Å²) in [6.07, 6.45) is 0. The van der Waals surface area contributed by atoms with Crippen LogP contribution in [0.25, 0.3) is 0 Å².